The molecular formula is C19H24N4O3. The summed E-state index contributed by atoms with van der Waals surface area (Å²) in [5.41, 5.74) is 1.43. The number of hydrogen-bond donors (Lipinski definition) is 2. The van der Waals surface area contributed by atoms with Gasteiger partial charge in [0, 0.05) is 19.7 Å². The summed E-state index contributed by atoms with van der Waals surface area (Å²) >= 11 is 0. The van der Waals surface area contributed by atoms with Gasteiger partial charge in [-0.15, -0.1) is 10.2 Å². The molecule has 0 saturated carbocycles. The normalized spacial score (nSPS) is 16.3. The summed E-state index contributed by atoms with van der Waals surface area (Å²) in [6, 6.07) is 11.3. The second-order valence-electron chi connectivity index (χ2n) is 6.14. The first kappa shape index (κ1) is 18.1. The van der Waals surface area contributed by atoms with Crippen LogP contribution in [0.25, 0.3) is 0 Å². The molecule has 26 heavy (non-hydrogen) atoms. The number of nitrogens with one attached hydrogen (secondary N) is 2. The van der Waals surface area contributed by atoms with E-state index in [0.717, 1.165) is 37.2 Å². The Morgan fingerprint density at radius 2 is 2.15 bits per heavy atom. The number of aromatic nitrogens is 2. The molecule has 1 aliphatic rings. The first-order valence-corrected chi connectivity index (χ1v) is 8.85. The molecule has 1 aromatic heterocycles. The van der Waals surface area contributed by atoms with Gasteiger partial charge in [-0.1, -0.05) is 18.2 Å². The second kappa shape index (κ2) is 9.15. The second-order valence-corrected chi connectivity index (χ2v) is 6.14. The smallest absolute Gasteiger partial charge is 0.271 e. The molecule has 1 aromatic carbocycles. The van der Waals surface area contributed by atoms with E-state index >= 15 is 0 Å². The van der Waals surface area contributed by atoms with Crippen molar-refractivity contribution in [2.75, 3.05) is 32.1 Å². The maximum atomic E-state index is 12.1. The minimum Gasteiger partial charge on any atom is -0.496 e. The van der Waals surface area contributed by atoms with E-state index in [9.17, 15) is 4.79 Å². The number of nitrogens with zero attached hydrogens (tertiary/aromatic N) is 2. The molecule has 7 heteroatoms. The monoisotopic (exact) mass is 356 g/mol. The Labute approximate surface area is 153 Å². The molecule has 0 aliphatic carbocycles. The highest BCUT2D eigenvalue weighted by Crippen LogP contribution is 2.17. The van der Waals surface area contributed by atoms with Gasteiger partial charge in [0.05, 0.1) is 13.2 Å². The molecule has 1 atom stereocenters. The number of amides is 1. The minimum atomic E-state index is -0.228. The molecule has 2 aromatic rings. The first-order chi connectivity index (χ1) is 12.8. The van der Waals surface area contributed by atoms with Crippen LogP contribution in [0.15, 0.2) is 36.4 Å². The van der Waals surface area contributed by atoms with Crippen LogP contribution in [0.2, 0.25) is 0 Å². The van der Waals surface area contributed by atoms with Crippen LogP contribution in [0.4, 0.5) is 5.82 Å². The molecule has 0 spiro atoms. The Balaban J connectivity index is 1.45. The Kier molecular flexibility index (Phi) is 6.38. The third-order valence-electron chi connectivity index (χ3n) is 4.30. The van der Waals surface area contributed by atoms with Crippen LogP contribution in [0.3, 0.4) is 0 Å². The molecule has 1 unspecified atom stereocenters. The van der Waals surface area contributed by atoms with Gasteiger partial charge in [0.1, 0.15) is 11.6 Å². The van der Waals surface area contributed by atoms with Gasteiger partial charge in [0.25, 0.3) is 5.91 Å². The van der Waals surface area contributed by atoms with Gasteiger partial charge in [-0.25, -0.2) is 0 Å². The van der Waals surface area contributed by atoms with E-state index in [-0.39, 0.29) is 12.0 Å². The fourth-order valence-corrected chi connectivity index (χ4v) is 2.88. The van der Waals surface area contributed by atoms with Gasteiger partial charge in [0.15, 0.2) is 5.69 Å². The van der Waals surface area contributed by atoms with Gasteiger partial charge < -0.3 is 20.1 Å². The summed E-state index contributed by atoms with van der Waals surface area (Å²) in [5.74, 6) is 1.28. The third-order valence-corrected chi connectivity index (χ3v) is 4.30. The van der Waals surface area contributed by atoms with Crippen LogP contribution in [0.1, 0.15) is 28.9 Å². The molecular weight excluding hydrogens is 332 g/mol. The van der Waals surface area contributed by atoms with E-state index in [1.165, 1.54) is 0 Å². The zero-order valence-electron chi connectivity index (χ0n) is 14.9. The molecule has 7 nitrogen and oxygen atoms in total. The zero-order chi connectivity index (χ0) is 18.2. The molecule has 1 aliphatic heterocycles. The Morgan fingerprint density at radius 1 is 1.27 bits per heavy atom. The number of ether oxygens (including phenoxy) is 2. The quantitative estimate of drug-likeness (QED) is 0.753. The van der Waals surface area contributed by atoms with Crippen LogP contribution in [0, 0.1) is 0 Å². The molecule has 138 valence electrons. The Morgan fingerprint density at radius 3 is 2.88 bits per heavy atom. The van der Waals surface area contributed by atoms with Crippen LogP contribution in [0.5, 0.6) is 5.75 Å². The molecule has 1 amide bonds. The third kappa shape index (κ3) is 4.92. The van der Waals surface area contributed by atoms with Crippen molar-refractivity contribution in [3.63, 3.8) is 0 Å². The average Bonchev–Trinajstić information content (AvgIpc) is 3.20. The van der Waals surface area contributed by atoms with Crippen molar-refractivity contribution < 1.29 is 14.3 Å². The van der Waals surface area contributed by atoms with E-state index in [2.05, 4.69) is 20.8 Å². The van der Waals surface area contributed by atoms with Crippen molar-refractivity contribution in [1.82, 2.24) is 15.5 Å². The number of para-hydroxylation sites is 1. The van der Waals surface area contributed by atoms with E-state index in [4.69, 9.17) is 9.47 Å². The molecule has 0 bridgehead atoms. The van der Waals surface area contributed by atoms with E-state index in [1.807, 2.05) is 24.3 Å². The fraction of sp³-hybridized carbons (Fsp3) is 0.421. The predicted octanol–water partition coefficient (Wildman–Crippen LogP) is 2.05. The summed E-state index contributed by atoms with van der Waals surface area (Å²) in [4.78, 5) is 12.1. The Bertz CT molecular complexity index is 715. The first-order valence-electron chi connectivity index (χ1n) is 8.85. The number of rotatable bonds is 8. The summed E-state index contributed by atoms with van der Waals surface area (Å²) in [6.07, 6.45) is 2.95. The SMILES string of the molecule is COc1ccccc1CCNc1ccc(C(=O)NCC2CCCO2)nn1. The average molecular weight is 356 g/mol. The zero-order valence-corrected chi connectivity index (χ0v) is 14.9. The predicted molar refractivity (Wildman–Crippen MR) is 98.5 cm³/mol. The lowest BCUT2D eigenvalue weighted by Gasteiger charge is -2.11. The van der Waals surface area contributed by atoms with Crippen molar-refractivity contribution in [2.45, 2.75) is 25.4 Å². The summed E-state index contributed by atoms with van der Waals surface area (Å²) in [5, 5.41) is 14.1. The van der Waals surface area contributed by atoms with Gasteiger partial charge in [-0.3, -0.25) is 4.79 Å². The summed E-state index contributed by atoms with van der Waals surface area (Å²) in [7, 11) is 1.67. The molecule has 2 N–H and O–H groups in total. The topological polar surface area (TPSA) is 85.4 Å². The lowest BCUT2D eigenvalue weighted by Crippen LogP contribution is -2.32. The van der Waals surface area contributed by atoms with Gasteiger partial charge in [0.2, 0.25) is 0 Å². The Hall–Kier alpha value is -2.67. The van der Waals surface area contributed by atoms with Crippen molar-refractivity contribution in [2.24, 2.45) is 0 Å². The number of hydrogen-bond acceptors (Lipinski definition) is 6. The standard InChI is InChI=1S/C19H24N4O3/c1-25-17-7-3-2-5-14(17)10-11-20-18-9-8-16(22-23-18)19(24)21-13-15-6-4-12-26-15/h2-3,5,7-9,15H,4,6,10-13H2,1H3,(H,20,23)(H,21,24). The largest absolute Gasteiger partial charge is 0.496 e. The lowest BCUT2D eigenvalue weighted by molar-refractivity contribution is 0.0853. The fourth-order valence-electron chi connectivity index (χ4n) is 2.88. The highest BCUT2D eigenvalue weighted by Gasteiger charge is 2.17. The van der Waals surface area contributed by atoms with E-state index in [0.29, 0.717) is 24.6 Å². The molecule has 3 rings (SSSR count). The molecule has 1 saturated heterocycles. The minimum absolute atomic E-state index is 0.114. The summed E-state index contributed by atoms with van der Waals surface area (Å²) in [6.45, 7) is 1.98. The molecule has 0 radical (unpaired) electrons. The number of carbonyl (C=O) groups excluding carboxylic acids is 1. The maximum Gasteiger partial charge on any atom is 0.271 e. The van der Waals surface area contributed by atoms with Crippen LogP contribution < -0.4 is 15.4 Å². The van der Waals surface area contributed by atoms with E-state index < -0.39 is 0 Å². The number of methoxy groups -OCH3 is 1. The molecule has 2 heterocycles. The van der Waals surface area contributed by atoms with Gasteiger partial charge in [-0.2, -0.15) is 0 Å². The van der Waals surface area contributed by atoms with E-state index in [1.54, 1.807) is 19.2 Å². The highest BCUT2D eigenvalue weighted by atomic mass is 16.5. The van der Waals surface area contributed by atoms with Crippen molar-refractivity contribution in [3.05, 3.63) is 47.7 Å². The van der Waals surface area contributed by atoms with Gasteiger partial charge in [-0.05, 0) is 43.0 Å². The van der Waals surface area contributed by atoms with Crippen LogP contribution in [-0.4, -0.2) is 49.0 Å². The highest BCUT2D eigenvalue weighted by molar-refractivity contribution is 5.92. The molecule has 1 fully saturated rings. The number of carbonyl (C=O) groups is 1. The lowest BCUT2D eigenvalue weighted by atomic mass is 10.1. The van der Waals surface area contributed by atoms with Crippen LogP contribution in [-0.2, 0) is 11.2 Å². The van der Waals surface area contributed by atoms with Crippen molar-refractivity contribution in [1.29, 1.82) is 0 Å². The summed E-state index contributed by atoms with van der Waals surface area (Å²) < 4.78 is 10.8. The number of benzene rings is 1. The maximum absolute atomic E-state index is 12.1. The number of anilines is 1. The van der Waals surface area contributed by atoms with Gasteiger partial charge >= 0.3 is 0 Å². The van der Waals surface area contributed by atoms with Crippen molar-refractivity contribution in [3.8, 4) is 5.75 Å². The van der Waals surface area contributed by atoms with Crippen LogP contribution >= 0.6 is 0 Å². The van der Waals surface area contributed by atoms with Crippen molar-refractivity contribution >= 4 is 11.7 Å².